The van der Waals surface area contributed by atoms with Gasteiger partial charge in [-0.05, 0) is 11.1 Å². The first-order valence-electron chi connectivity index (χ1n) is 5.36. The molecule has 0 bridgehead atoms. The van der Waals surface area contributed by atoms with Crippen molar-refractivity contribution in [2.45, 2.75) is 19.3 Å². The molecular weight excluding hydrogens is 243 g/mol. The highest BCUT2D eigenvalue weighted by Gasteiger charge is 2.28. The van der Waals surface area contributed by atoms with Crippen LogP contribution in [0, 0.1) is 0 Å². The third-order valence-electron chi connectivity index (χ3n) is 2.50. The summed E-state index contributed by atoms with van der Waals surface area (Å²) in [5.41, 5.74) is 7.92. The predicted octanol–water partition coefficient (Wildman–Crippen LogP) is 2.57. The predicted molar refractivity (Wildman–Crippen MR) is 61.6 cm³/mol. The van der Waals surface area contributed by atoms with E-state index in [1.807, 2.05) is 24.3 Å². The fourth-order valence-electron chi connectivity index (χ4n) is 1.62. The highest BCUT2D eigenvalue weighted by Crippen LogP contribution is 2.21. The van der Waals surface area contributed by atoms with Crippen molar-refractivity contribution in [3.63, 3.8) is 0 Å². The maximum absolute atomic E-state index is 12.2. The number of alkyl halides is 3. The van der Waals surface area contributed by atoms with Gasteiger partial charge in [0.2, 0.25) is 0 Å². The molecule has 2 aromatic rings. The quantitative estimate of drug-likeness (QED) is 0.916. The Morgan fingerprint density at radius 3 is 2.33 bits per heavy atom. The highest BCUT2D eigenvalue weighted by atomic mass is 19.4. The van der Waals surface area contributed by atoms with E-state index in [1.165, 1.54) is 12.4 Å². The van der Waals surface area contributed by atoms with Gasteiger partial charge in [-0.25, -0.2) is 0 Å². The van der Waals surface area contributed by atoms with E-state index < -0.39 is 12.7 Å². The lowest BCUT2D eigenvalue weighted by Crippen LogP contribution is -2.17. The number of rotatable bonds is 3. The largest absolute Gasteiger partial charge is 0.408 e. The lowest BCUT2D eigenvalue weighted by atomic mass is 10.1. The van der Waals surface area contributed by atoms with Crippen molar-refractivity contribution in [3.8, 4) is 11.1 Å². The molecule has 0 radical (unpaired) electrons. The van der Waals surface area contributed by atoms with E-state index in [2.05, 4.69) is 5.10 Å². The summed E-state index contributed by atoms with van der Waals surface area (Å²) in [5.74, 6) is 0. The van der Waals surface area contributed by atoms with Crippen molar-refractivity contribution in [2.75, 3.05) is 0 Å². The second-order valence-electron chi connectivity index (χ2n) is 3.94. The van der Waals surface area contributed by atoms with Gasteiger partial charge in [-0.1, -0.05) is 24.3 Å². The summed E-state index contributed by atoms with van der Waals surface area (Å²) in [6.45, 7) is -0.637. The molecule has 96 valence electrons. The van der Waals surface area contributed by atoms with Crippen molar-refractivity contribution in [2.24, 2.45) is 5.73 Å². The molecule has 0 fully saturated rings. The normalized spacial score (nSPS) is 11.8. The summed E-state index contributed by atoms with van der Waals surface area (Å²) in [6, 6.07) is 7.32. The molecule has 3 nitrogen and oxygen atoms in total. The second-order valence-corrected chi connectivity index (χ2v) is 3.94. The first kappa shape index (κ1) is 12.6. The van der Waals surface area contributed by atoms with Gasteiger partial charge < -0.3 is 5.73 Å². The molecular formula is C12H12F3N3. The molecule has 0 atom stereocenters. The van der Waals surface area contributed by atoms with Crippen molar-refractivity contribution >= 4 is 0 Å². The number of hydrogen-bond acceptors (Lipinski definition) is 2. The van der Waals surface area contributed by atoms with Gasteiger partial charge in [-0.3, -0.25) is 4.68 Å². The molecule has 0 saturated heterocycles. The lowest BCUT2D eigenvalue weighted by molar-refractivity contribution is -0.142. The number of hydrogen-bond donors (Lipinski definition) is 1. The Morgan fingerprint density at radius 2 is 1.78 bits per heavy atom. The van der Waals surface area contributed by atoms with E-state index in [4.69, 9.17) is 5.73 Å². The molecule has 0 spiro atoms. The standard InChI is InChI=1S/C12H12F3N3/c13-12(14,15)8-18-7-11(6-17-18)10-3-1-9(5-16)2-4-10/h1-4,6-7H,5,8,16H2. The van der Waals surface area contributed by atoms with Crippen LogP contribution < -0.4 is 5.73 Å². The summed E-state index contributed by atoms with van der Waals surface area (Å²) in [6.07, 6.45) is -1.46. The summed E-state index contributed by atoms with van der Waals surface area (Å²) < 4.78 is 37.4. The minimum absolute atomic E-state index is 0.438. The number of aromatic nitrogens is 2. The maximum atomic E-state index is 12.2. The topological polar surface area (TPSA) is 43.8 Å². The molecule has 0 aliphatic rings. The van der Waals surface area contributed by atoms with Gasteiger partial charge in [0.15, 0.2) is 0 Å². The van der Waals surface area contributed by atoms with Crippen LogP contribution in [0.25, 0.3) is 11.1 Å². The summed E-state index contributed by atoms with van der Waals surface area (Å²) >= 11 is 0. The molecule has 18 heavy (non-hydrogen) atoms. The number of nitrogens with zero attached hydrogens (tertiary/aromatic N) is 2. The fourth-order valence-corrected chi connectivity index (χ4v) is 1.62. The van der Waals surface area contributed by atoms with Crippen LogP contribution in [0.3, 0.4) is 0 Å². The molecule has 0 unspecified atom stereocenters. The van der Waals surface area contributed by atoms with Crippen LogP contribution in [-0.2, 0) is 13.1 Å². The summed E-state index contributed by atoms with van der Waals surface area (Å²) in [7, 11) is 0. The highest BCUT2D eigenvalue weighted by molar-refractivity contribution is 5.61. The Morgan fingerprint density at radius 1 is 1.11 bits per heavy atom. The Labute approximate surface area is 102 Å². The van der Waals surface area contributed by atoms with E-state index in [-0.39, 0.29) is 0 Å². The zero-order valence-corrected chi connectivity index (χ0v) is 9.48. The molecule has 0 aliphatic heterocycles. The average Bonchev–Trinajstić information content (AvgIpc) is 2.75. The van der Waals surface area contributed by atoms with Crippen LogP contribution in [0.4, 0.5) is 13.2 Å². The van der Waals surface area contributed by atoms with Gasteiger partial charge in [-0.2, -0.15) is 18.3 Å². The zero-order valence-electron chi connectivity index (χ0n) is 9.48. The van der Waals surface area contributed by atoms with Crippen molar-refractivity contribution < 1.29 is 13.2 Å². The van der Waals surface area contributed by atoms with Crippen LogP contribution >= 0.6 is 0 Å². The molecule has 1 aromatic heterocycles. The Bertz CT molecular complexity index is 514. The zero-order chi connectivity index (χ0) is 13.2. The molecule has 2 N–H and O–H groups in total. The molecule has 0 saturated carbocycles. The van der Waals surface area contributed by atoms with E-state index in [1.54, 1.807) is 0 Å². The lowest BCUT2D eigenvalue weighted by Gasteiger charge is -2.05. The first-order valence-corrected chi connectivity index (χ1v) is 5.36. The van der Waals surface area contributed by atoms with Crippen LogP contribution in [0.1, 0.15) is 5.56 Å². The van der Waals surface area contributed by atoms with Crippen molar-refractivity contribution in [1.29, 1.82) is 0 Å². The smallest absolute Gasteiger partial charge is 0.326 e. The summed E-state index contributed by atoms with van der Waals surface area (Å²) in [4.78, 5) is 0. The second kappa shape index (κ2) is 4.81. The number of nitrogens with two attached hydrogens (primary N) is 1. The molecule has 0 aliphatic carbocycles. The van der Waals surface area contributed by atoms with E-state index in [0.717, 1.165) is 15.8 Å². The minimum atomic E-state index is -4.26. The third-order valence-corrected chi connectivity index (χ3v) is 2.50. The molecule has 1 heterocycles. The Balaban J connectivity index is 2.18. The molecule has 0 amide bonds. The Kier molecular flexibility index (Phi) is 3.38. The molecule has 1 aromatic carbocycles. The maximum Gasteiger partial charge on any atom is 0.408 e. The number of halogens is 3. The van der Waals surface area contributed by atoms with Crippen molar-refractivity contribution in [1.82, 2.24) is 9.78 Å². The van der Waals surface area contributed by atoms with Crippen molar-refractivity contribution in [3.05, 3.63) is 42.2 Å². The minimum Gasteiger partial charge on any atom is -0.326 e. The van der Waals surface area contributed by atoms with E-state index in [0.29, 0.717) is 12.1 Å². The summed E-state index contributed by atoms with van der Waals surface area (Å²) in [5, 5.41) is 3.69. The number of benzene rings is 1. The van der Waals surface area contributed by atoms with Gasteiger partial charge in [0.05, 0.1) is 6.20 Å². The first-order chi connectivity index (χ1) is 8.48. The molecule has 2 rings (SSSR count). The van der Waals surface area contributed by atoms with Crippen LogP contribution in [0.5, 0.6) is 0 Å². The average molecular weight is 255 g/mol. The molecule has 6 heteroatoms. The van der Waals surface area contributed by atoms with Gasteiger partial charge in [-0.15, -0.1) is 0 Å². The third kappa shape index (κ3) is 3.10. The Hall–Kier alpha value is -1.82. The van der Waals surface area contributed by atoms with Crippen LogP contribution in [-0.4, -0.2) is 16.0 Å². The monoisotopic (exact) mass is 255 g/mol. The van der Waals surface area contributed by atoms with E-state index >= 15 is 0 Å². The SMILES string of the molecule is NCc1ccc(-c2cnn(CC(F)(F)F)c2)cc1. The van der Waals surface area contributed by atoms with Crippen LogP contribution in [0.2, 0.25) is 0 Å². The van der Waals surface area contributed by atoms with E-state index in [9.17, 15) is 13.2 Å². The van der Waals surface area contributed by atoms with Gasteiger partial charge in [0.1, 0.15) is 6.54 Å². The fraction of sp³-hybridized carbons (Fsp3) is 0.250. The van der Waals surface area contributed by atoms with Gasteiger partial charge in [0.25, 0.3) is 0 Å². The van der Waals surface area contributed by atoms with Crippen LogP contribution in [0.15, 0.2) is 36.7 Å². The van der Waals surface area contributed by atoms with Gasteiger partial charge in [0, 0.05) is 18.3 Å². The van der Waals surface area contributed by atoms with Gasteiger partial charge >= 0.3 is 6.18 Å².